The maximum absolute atomic E-state index is 10.8. The van der Waals surface area contributed by atoms with Gasteiger partial charge in [0.15, 0.2) is 0 Å². The fourth-order valence-electron chi connectivity index (χ4n) is 2.06. The monoisotopic (exact) mass is 271 g/mol. The van der Waals surface area contributed by atoms with Gasteiger partial charge in [-0.2, -0.15) is 0 Å². The molecule has 1 atom stereocenters. The van der Waals surface area contributed by atoms with Crippen molar-refractivity contribution in [2.45, 2.75) is 19.9 Å². The van der Waals surface area contributed by atoms with E-state index in [1.807, 2.05) is 26.0 Å². The van der Waals surface area contributed by atoms with E-state index in [0.29, 0.717) is 0 Å². The number of nitrogens with one attached hydrogen (secondary N) is 1. The second-order valence-corrected chi connectivity index (χ2v) is 4.81. The lowest BCUT2D eigenvalue weighted by atomic mass is 10.0. The summed E-state index contributed by atoms with van der Waals surface area (Å²) in [5.74, 6) is -0.687. The molecular weight excluding hydrogens is 254 g/mol. The zero-order chi connectivity index (χ0) is 14.7. The van der Waals surface area contributed by atoms with Gasteiger partial charge in [-0.25, -0.2) is 4.79 Å². The minimum absolute atomic E-state index is 0.0775. The highest BCUT2D eigenvalue weighted by Gasteiger charge is 2.10. The molecule has 0 spiro atoms. The van der Waals surface area contributed by atoms with E-state index in [0.717, 1.165) is 16.8 Å². The molecule has 0 radical (unpaired) electrons. The molecule has 0 aliphatic rings. The largest absolute Gasteiger partial charge is 0.508 e. The van der Waals surface area contributed by atoms with Crippen LogP contribution in [0, 0.1) is 6.92 Å². The van der Waals surface area contributed by atoms with Crippen LogP contribution in [0.2, 0.25) is 0 Å². The van der Waals surface area contributed by atoms with Crippen molar-refractivity contribution in [3.63, 3.8) is 0 Å². The Bertz CT molecular complexity index is 620. The lowest BCUT2D eigenvalue weighted by molar-refractivity contribution is 0.0697. The Hall–Kier alpha value is -2.49. The van der Waals surface area contributed by atoms with Crippen LogP contribution in [0.25, 0.3) is 0 Å². The van der Waals surface area contributed by atoms with Gasteiger partial charge in [-0.05, 0) is 49.7 Å². The van der Waals surface area contributed by atoms with Crippen LogP contribution in [-0.4, -0.2) is 16.2 Å². The molecule has 2 rings (SSSR count). The second-order valence-electron chi connectivity index (χ2n) is 4.81. The van der Waals surface area contributed by atoms with Crippen LogP contribution in [-0.2, 0) is 0 Å². The molecule has 0 aromatic heterocycles. The van der Waals surface area contributed by atoms with E-state index in [1.54, 1.807) is 30.3 Å². The smallest absolute Gasteiger partial charge is 0.335 e. The number of carboxylic acids is 1. The van der Waals surface area contributed by atoms with Gasteiger partial charge in [-0.1, -0.05) is 12.1 Å². The van der Waals surface area contributed by atoms with Crippen molar-refractivity contribution in [3.05, 3.63) is 59.2 Å². The van der Waals surface area contributed by atoms with Crippen molar-refractivity contribution in [2.75, 3.05) is 5.32 Å². The van der Waals surface area contributed by atoms with Gasteiger partial charge in [0.2, 0.25) is 0 Å². The van der Waals surface area contributed by atoms with E-state index in [1.165, 1.54) is 0 Å². The van der Waals surface area contributed by atoms with Gasteiger partial charge >= 0.3 is 5.97 Å². The van der Waals surface area contributed by atoms with Gasteiger partial charge in [0.1, 0.15) is 5.75 Å². The fraction of sp³-hybridized carbons (Fsp3) is 0.188. The third-order valence-corrected chi connectivity index (χ3v) is 3.17. The molecule has 0 aliphatic heterocycles. The van der Waals surface area contributed by atoms with Crippen LogP contribution < -0.4 is 5.32 Å². The number of carbonyl (C=O) groups is 1. The van der Waals surface area contributed by atoms with Gasteiger partial charge in [0.25, 0.3) is 0 Å². The Morgan fingerprint density at radius 3 is 2.35 bits per heavy atom. The number of phenols is 1. The predicted octanol–water partition coefficient (Wildman–Crippen LogP) is 3.57. The minimum Gasteiger partial charge on any atom is -0.508 e. The Balaban J connectivity index is 2.14. The van der Waals surface area contributed by atoms with Crippen molar-refractivity contribution >= 4 is 11.7 Å². The first kappa shape index (κ1) is 13.9. The van der Waals surface area contributed by atoms with Crippen LogP contribution in [0.4, 0.5) is 5.69 Å². The maximum Gasteiger partial charge on any atom is 0.335 e. The SMILES string of the molecule is Cc1ccc(C(C)Nc2ccc(C(=O)O)cc2)c(O)c1. The highest BCUT2D eigenvalue weighted by atomic mass is 16.4. The normalized spacial score (nSPS) is 11.9. The summed E-state index contributed by atoms with van der Waals surface area (Å²) >= 11 is 0. The van der Waals surface area contributed by atoms with Gasteiger partial charge in [-0.15, -0.1) is 0 Å². The first-order valence-electron chi connectivity index (χ1n) is 6.37. The summed E-state index contributed by atoms with van der Waals surface area (Å²) in [6.45, 7) is 3.86. The quantitative estimate of drug-likeness (QED) is 0.795. The molecule has 1 unspecified atom stereocenters. The zero-order valence-corrected chi connectivity index (χ0v) is 11.4. The predicted molar refractivity (Wildman–Crippen MR) is 78.3 cm³/mol. The molecule has 0 aliphatic carbocycles. The Labute approximate surface area is 117 Å². The van der Waals surface area contributed by atoms with Crippen LogP contribution in [0.3, 0.4) is 0 Å². The molecule has 0 fully saturated rings. The number of carboxylic acid groups (broad SMARTS) is 1. The molecule has 0 saturated carbocycles. The van der Waals surface area contributed by atoms with Crippen molar-refractivity contribution in [2.24, 2.45) is 0 Å². The molecular formula is C16H17NO3. The second kappa shape index (κ2) is 5.65. The lowest BCUT2D eigenvalue weighted by Gasteiger charge is -2.17. The third kappa shape index (κ3) is 3.09. The highest BCUT2D eigenvalue weighted by Crippen LogP contribution is 2.27. The molecule has 20 heavy (non-hydrogen) atoms. The topological polar surface area (TPSA) is 69.6 Å². The summed E-state index contributed by atoms with van der Waals surface area (Å²) in [6.07, 6.45) is 0. The van der Waals surface area contributed by atoms with Crippen molar-refractivity contribution in [3.8, 4) is 5.75 Å². The number of hydrogen-bond donors (Lipinski definition) is 3. The molecule has 0 amide bonds. The van der Waals surface area contributed by atoms with E-state index in [9.17, 15) is 9.90 Å². The summed E-state index contributed by atoms with van der Waals surface area (Å²) in [6, 6.07) is 12.0. The standard InChI is InChI=1S/C16H17NO3/c1-10-3-8-14(15(18)9-10)11(2)17-13-6-4-12(5-7-13)16(19)20/h3-9,11,17-18H,1-2H3,(H,19,20). The first-order valence-corrected chi connectivity index (χ1v) is 6.37. The Kier molecular flexibility index (Phi) is 3.94. The van der Waals surface area contributed by atoms with Crippen LogP contribution in [0.1, 0.15) is 34.5 Å². The zero-order valence-electron chi connectivity index (χ0n) is 11.4. The lowest BCUT2D eigenvalue weighted by Crippen LogP contribution is -2.07. The number of aryl methyl sites for hydroxylation is 1. The van der Waals surface area contributed by atoms with Crippen molar-refractivity contribution in [1.82, 2.24) is 0 Å². The third-order valence-electron chi connectivity index (χ3n) is 3.17. The van der Waals surface area contributed by atoms with Crippen LogP contribution in [0.5, 0.6) is 5.75 Å². The van der Waals surface area contributed by atoms with Gasteiger partial charge in [-0.3, -0.25) is 0 Å². The number of rotatable bonds is 4. The number of phenolic OH excluding ortho intramolecular Hbond substituents is 1. The summed E-state index contributed by atoms with van der Waals surface area (Å²) in [7, 11) is 0. The molecule has 3 N–H and O–H groups in total. The summed E-state index contributed by atoms with van der Waals surface area (Å²) in [4.78, 5) is 10.8. The molecule has 4 nitrogen and oxygen atoms in total. The summed E-state index contributed by atoms with van der Waals surface area (Å²) in [5, 5.41) is 22.0. The molecule has 4 heteroatoms. The van der Waals surface area contributed by atoms with Crippen LogP contribution >= 0.6 is 0 Å². The number of aromatic carboxylic acids is 1. The van der Waals surface area contributed by atoms with Crippen molar-refractivity contribution in [1.29, 1.82) is 0 Å². The van der Waals surface area contributed by atoms with E-state index in [-0.39, 0.29) is 17.4 Å². The van der Waals surface area contributed by atoms with E-state index in [2.05, 4.69) is 5.32 Å². The van der Waals surface area contributed by atoms with Gasteiger partial charge in [0.05, 0.1) is 11.6 Å². The number of anilines is 1. The maximum atomic E-state index is 10.8. The van der Waals surface area contributed by atoms with Gasteiger partial charge < -0.3 is 15.5 Å². The fourth-order valence-corrected chi connectivity index (χ4v) is 2.06. The van der Waals surface area contributed by atoms with E-state index in [4.69, 9.17) is 5.11 Å². The van der Waals surface area contributed by atoms with Gasteiger partial charge in [0, 0.05) is 11.3 Å². The van der Waals surface area contributed by atoms with Crippen LogP contribution in [0.15, 0.2) is 42.5 Å². The minimum atomic E-state index is -0.944. The highest BCUT2D eigenvalue weighted by molar-refractivity contribution is 5.88. The van der Waals surface area contributed by atoms with E-state index >= 15 is 0 Å². The number of benzene rings is 2. The molecule has 104 valence electrons. The Morgan fingerprint density at radius 2 is 1.80 bits per heavy atom. The molecule has 0 saturated heterocycles. The molecule has 2 aromatic rings. The van der Waals surface area contributed by atoms with E-state index < -0.39 is 5.97 Å². The number of hydrogen-bond acceptors (Lipinski definition) is 3. The Morgan fingerprint density at radius 1 is 1.15 bits per heavy atom. The average molecular weight is 271 g/mol. The summed E-state index contributed by atoms with van der Waals surface area (Å²) < 4.78 is 0. The molecule has 2 aromatic carbocycles. The molecule has 0 bridgehead atoms. The first-order chi connectivity index (χ1) is 9.47. The summed E-state index contributed by atoms with van der Waals surface area (Å²) in [5.41, 5.74) is 2.87. The van der Waals surface area contributed by atoms with Crippen molar-refractivity contribution < 1.29 is 15.0 Å². The number of aromatic hydroxyl groups is 1. The molecule has 0 heterocycles. The average Bonchev–Trinajstić information content (AvgIpc) is 2.39.